The van der Waals surface area contributed by atoms with E-state index in [2.05, 4.69) is 29.2 Å². The van der Waals surface area contributed by atoms with Crippen LogP contribution in [0.4, 0.5) is 0 Å². The number of aliphatic carboxylic acids is 1. The summed E-state index contributed by atoms with van der Waals surface area (Å²) in [7, 11) is 0. The number of nitrogens with two attached hydrogens (primary N) is 1. The normalized spacial score (nSPS) is 17.8. The first kappa shape index (κ1) is 13.1. The Labute approximate surface area is 107 Å². The van der Waals surface area contributed by atoms with Crippen LogP contribution in [0.15, 0.2) is 24.3 Å². The number of likely N-dealkylation sites (tertiary alicyclic amines) is 1. The number of carboxylic acid groups (broad SMARTS) is 1. The van der Waals surface area contributed by atoms with Gasteiger partial charge in [-0.25, -0.2) is 0 Å². The molecule has 2 rings (SSSR count). The predicted molar refractivity (Wildman–Crippen MR) is 70.0 cm³/mol. The molecular weight excluding hydrogens is 228 g/mol. The molecular formula is C14H20N2O2. The number of carboxylic acids is 1. The lowest BCUT2D eigenvalue weighted by molar-refractivity contribution is -0.143. The van der Waals surface area contributed by atoms with Crippen LogP contribution < -0.4 is 5.73 Å². The number of piperidine rings is 1. The summed E-state index contributed by atoms with van der Waals surface area (Å²) < 4.78 is 0. The number of nitrogens with zero attached hydrogens (tertiary/aromatic N) is 1. The van der Waals surface area contributed by atoms with Gasteiger partial charge in [0.1, 0.15) is 0 Å². The number of rotatable bonds is 4. The average Bonchev–Trinajstić information content (AvgIpc) is 2.40. The first-order chi connectivity index (χ1) is 8.69. The molecule has 1 saturated heterocycles. The van der Waals surface area contributed by atoms with Crippen molar-refractivity contribution >= 4 is 5.97 Å². The van der Waals surface area contributed by atoms with E-state index in [1.807, 2.05) is 0 Å². The molecule has 0 atom stereocenters. The van der Waals surface area contributed by atoms with Gasteiger partial charge in [0, 0.05) is 13.1 Å². The van der Waals surface area contributed by atoms with Gasteiger partial charge in [-0.15, -0.1) is 0 Å². The lowest BCUT2D eigenvalue weighted by atomic mass is 9.97. The highest BCUT2D eigenvalue weighted by molar-refractivity contribution is 5.70. The van der Waals surface area contributed by atoms with E-state index in [0.29, 0.717) is 6.54 Å². The van der Waals surface area contributed by atoms with E-state index in [0.717, 1.165) is 38.0 Å². The highest BCUT2D eigenvalue weighted by Crippen LogP contribution is 2.19. The molecule has 0 saturated carbocycles. The molecule has 4 nitrogen and oxygen atoms in total. The van der Waals surface area contributed by atoms with E-state index in [4.69, 9.17) is 10.8 Å². The molecule has 0 aromatic heterocycles. The van der Waals surface area contributed by atoms with Gasteiger partial charge in [0.2, 0.25) is 0 Å². The largest absolute Gasteiger partial charge is 0.481 e. The van der Waals surface area contributed by atoms with E-state index in [1.165, 1.54) is 5.56 Å². The number of benzene rings is 1. The summed E-state index contributed by atoms with van der Waals surface area (Å²) in [5.41, 5.74) is 7.97. The van der Waals surface area contributed by atoms with E-state index >= 15 is 0 Å². The highest BCUT2D eigenvalue weighted by atomic mass is 16.4. The van der Waals surface area contributed by atoms with Crippen molar-refractivity contribution in [2.45, 2.75) is 25.9 Å². The minimum atomic E-state index is -0.651. The standard InChI is InChI=1S/C14H20N2O2/c15-9-11-1-3-12(4-2-11)10-16-7-5-13(6-8-16)14(17)18/h1-4,13H,5-10,15H2,(H,17,18). The lowest BCUT2D eigenvalue weighted by Crippen LogP contribution is -2.35. The number of hydrogen-bond acceptors (Lipinski definition) is 3. The zero-order chi connectivity index (χ0) is 13.0. The molecule has 0 aliphatic carbocycles. The van der Waals surface area contributed by atoms with E-state index in [1.54, 1.807) is 0 Å². The summed E-state index contributed by atoms with van der Waals surface area (Å²) in [6, 6.07) is 8.32. The molecule has 0 amide bonds. The number of carbonyl (C=O) groups is 1. The van der Waals surface area contributed by atoms with Crippen LogP contribution in [0.1, 0.15) is 24.0 Å². The molecule has 4 heteroatoms. The molecule has 0 radical (unpaired) electrons. The van der Waals surface area contributed by atoms with Crippen molar-refractivity contribution in [3.05, 3.63) is 35.4 Å². The van der Waals surface area contributed by atoms with Crippen LogP contribution in [0.5, 0.6) is 0 Å². The third-order valence-electron chi connectivity index (χ3n) is 3.60. The third kappa shape index (κ3) is 3.31. The van der Waals surface area contributed by atoms with Gasteiger partial charge in [0.15, 0.2) is 0 Å². The van der Waals surface area contributed by atoms with Crippen LogP contribution in [0.25, 0.3) is 0 Å². The Morgan fingerprint density at radius 1 is 1.22 bits per heavy atom. The van der Waals surface area contributed by atoms with Gasteiger partial charge in [-0.2, -0.15) is 0 Å². The molecule has 0 unspecified atom stereocenters. The monoisotopic (exact) mass is 248 g/mol. The second kappa shape index (κ2) is 5.98. The number of hydrogen-bond donors (Lipinski definition) is 2. The molecule has 3 N–H and O–H groups in total. The van der Waals surface area contributed by atoms with Gasteiger partial charge in [-0.1, -0.05) is 24.3 Å². The Balaban J connectivity index is 1.85. The van der Waals surface area contributed by atoms with Crippen molar-refractivity contribution < 1.29 is 9.90 Å². The fourth-order valence-electron chi connectivity index (χ4n) is 2.38. The van der Waals surface area contributed by atoms with Crippen LogP contribution in [-0.4, -0.2) is 29.1 Å². The maximum Gasteiger partial charge on any atom is 0.306 e. The van der Waals surface area contributed by atoms with Crippen LogP contribution >= 0.6 is 0 Å². The van der Waals surface area contributed by atoms with Gasteiger partial charge in [-0.3, -0.25) is 9.69 Å². The molecule has 0 bridgehead atoms. The lowest BCUT2D eigenvalue weighted by Gasteiger charge is -2.30. The smallest absolute Gasteiger partial charge is 0.306 e. The van der Waals surface area contributed by atoms with Gasteiger partial charge >= 0.3 is 5.97 Å². The molecule has 1 aliphatic rings. The second-order valence-corrected chi connectivity index (χ2v) is 4.91. The van der Waals surface area contributed by atoms with Gasteiger partial charge in [0.05, 0.1) is 5.92 Å². The van der Waals surface area contributed by atoms with Crippen molar-refractivity contribution in [2.24, 2.45) is 11.7 Å². The van der Waals surface area contributed by atoms with Crippen molar-refractivity contribution in [3.8, 4) is 0 Å². The van der Waals surface area contributed by atoms with Crippen LogP contribution in [0.3, 0.4) is 0 Å². The van der Waals surface area contributed by atoms with Gasteiger partial charge in [0.25, 0.3) is 0 Å². The molecule has 0 spiro atoms. The third-order valence-corrected chi connectivity index (χ3v) is 3.60. The minimum Gasteiger partial charge on any atom is -0.481 e. The molecule has 1 heterocycles. The molecule has 1 fully saturated rings. The molecule has 1 aromatic carbocycles. The molecule has 1 aliphatic heterocycles. The summed E-state index contributed by atoms with van der Waals surface area (Å²) in [5.74, 6) is -0.803. The van der Waals surface area contributed by atoms with E-state index in [9.17, 15) is 4.79 Å². The minimum absolute atomic E-state index is 0.152. The second-order valence-electron chi connectivity index (χ2n) is 4.91. The first-order valence-electron chi connectivity index (χ1n) is 6.42. The van der Waals surface area contributed by atoms with Crippen molar-refractivity contribution in [3.63, 3.8) is 0 Å². The van der Waals surface area contributed by atoms with Crippen LogP contribution in [0.2, 0.25) is 0 Å². The average molecular weight is 248 g/mol. The predicted octanol–water partition coefficient (Wildman–Crippen LogP) is 1.44. The zero-order valence-corrected chi connectivity index (χ0v) is 10.5. The topological polar surface area (TPSA) is 66.6 Å². The SMILES string of the molecule is NCc1ccc(CN2CCC(C(=O)O)CC2)cc1. The fourth-order valence-corrected chi connectivity index (χ4v) is 2.38. The van der Waals surface area contributed by atoms with E-state index in [-0.39, 0.29) is 5.92 Å². The maximum atomic E-state index is 10.9. The van der Waals surface area contributed by atoms with Gasteiger partial charge < -0.3 is 10.8 Å². The van der Waals surface area contributed by atoms with Crippen LogP contribution in [0, 0.1) is 5.92 Å². The summed E-state index contributed by atoms with van der Waals surface area (Å²) in [6.45, 7) is 3.21. The molecule has 1 aromatic rings. The Morgan fingerprint density at radius 2 is 1.78 bits per heavy atom. The Bertz CT molecular complexity index is 395. The summed E-state index contributed by atoms with van der Waals surface area (Å²) in [6.07, 6.45) is 1.52. The van der Waals surface area contributed by atoms with Crippen LogP contribution in [-0.2, 0) is 17.9 Å². The van der Waals surface area contributed by atoms with Crippen molar-refractivity contribution in [1.29, 1.82) is 0 Å². The van der Waals surface area contributed by atoms with Crippen molar-refractivity contribution in [1.82, 2.24) is 4.90 Å². The van der Waals surface area contributed by atoms with Gasteiger partial charge in [-0.05, 0) is 37.1 Å². The summed E-state index contributed by atoms with van der Waals surface area (Å²) >= 11 is 0. The Kier molecular flexibility index (Phi) is 4.33. The van der Waals surface area contributed by atoms with Crippen molar-refractivity contribution in [2.75, 3.05) is 13.1 Å². The summed E-state index contributed by atoms with van der Waals surface area (Å²) in [4.78, 5) is 13.2. The quantitative estimate of drug-likeness (QED) is 0.846. The molecule has 98 valence electrons. The first-order valence-corrected chi connectivity index (χ1v) is 6.42. The Morgan fingerprint density at radius 3 is 2.28 bits per heavy atom. The maximum absolute atomic E-state index is 10.9. The summed E-state index contributed by atoms with van der Waals surface area (Å²) in [5, 5.41) is 8.94. The highest BCUT2D eigenvalue weighted by Gasteiger charge is 2.24. The zero-order valence-electron chi connectivity index (χ0n) is 10.5. The fraction of sp³-hybridized carbons (Fsp3) is 0.500. The molecule has 18 heavy (non-hydrogen) atoms. The van der Waals surface area contributed by atoms with E-state index < -0.39 is 5.97 Å². The Hall–Kier alpha value is -1.39.